The minimum absolute atomic E-state index is 0.0800. The van der Waals surface area contributed by atoms with Crippen LogP contribution in [0, 0.1) is 13.8 Å². The summed E-state index contributed by atoms with van der Waals surface area (Å²) < 4.78 is 16.0. The Kier molecular flexibility index (Phi) is 6.38. The summed E-state index contributed by atoms with van der Waals surface area (Å²) in [5, 5.41) is 8.28. The summed E-state index contributed by atoms with van der Waals surface area (Å²) in [6.45, 7) is 5.47. The Morgan fingerprint density at radius 1 is 1.21 bits per heavy atom. The van der Waals surface area contributed by atoms with Gasteiger partial charge in [0.05, 0.1) is 36.3 Å². The number of Topliss-reactive ketones (excluding diaryl/α,β-unsaturated/α-hetero) is 1. The van der Waals surface area contributed by atoms with E-state index in [2.05, 4.69) is 15.2 Å². The number of aromatic amines is 1. The molecule has 0 radical (unpaired) electrons. The number of aryl methyl sites for hydroxylation is 1. The largest absolute Gasteiger partial charge is 0.496 e. The van der Waals surface area contributed by atoms with Crippen LogP contribution < -0.4 is 4.74 Å². The van der Waals surface area contributed by atoms with E-state index < -0.39 is 5.97 Å². The van der Waals surface area contributed by atoms with E-state index in [1.165, 1.54) is 0 Å². The number of esters is 1. The molecule has 9 heteroatoms. The highest BCUT2D eigenvalue weighted by atomic mass is 32.2. The minimum Gasteiger partial charge on any atom is -0.496 e. The van der Waals surface area contributed by atoms with Gasteiger partial charge < -0.3 is 18.9 Å². The summed E-state index contributed by atoms with van der Waals surface area (Å²) in [5.41, 5.74) is 2.63. The van der Waals surface area contributed by atoms with Gasteiger partial charge in [-0.2, -0.15) is 0 Å². The van der Waals surface area contributed by atoms with Crippen molar-refractivity contribution in [2.45, 2.75) is 26.0 Å². The van der Waals surface area contributed by atoms with Gasteiger partial charge in [0.1, 0.15) is 5.75 Å². The first-order valence-electron chi connectivity index (χ1n) is 8.95. The first kappa shape index (κ1) is 20.7. The maximum absolute atomic E-state index is 12.6. The van der Waals surface area contributed by atoms with Gasteiger partial charge in [-0.25, -0.2) is 4.79 Å². The highest BCUT2D eigenvalue weighted by molar-refractivity contribution is 7.99. The molecule has 8 nitrogen and oxygen atoms in total. The summed E-state index contributed by atoms with van der Waals surface area (Å²) in [6, 6.07) is 7.30. The lowest BCUT2D eigenvalue weighted by atomic mass is 10.1. The van der Waals surface area contributed by atoms with Gasteiger partial charge in [-0.1, -0.05) is 23.9 Å². The molecule has 0 unspecified atom stereocenters. The Morgan fingerprint density at radius 3 is 2.69 bits per heavy atom. The Morgan fingerprint density at radius 2 is 1.97 bits per heavy atom. The lowest BCUT2D eigenvalue weighted by Gasteiger charge is -2.03. The van der Waals surface area contributed by atoms with Crippen LogP contribution in [0.1, 0.15) is 39.0 Å². The van der Waals surface area contributed by atoms with Crippen molar-refractivity contribution in [1.29, 1.82) is 0 Å². The molecule has 0 bridgehead atoms. The van der Waals surface area contributed by atoms with Crippen molar-refractivity contribution in [3.05, 3.63) is 46.8 Å². The van der Waals surface area contributed by atoms with Crippen LogP contribution in [0.5, 0.6) is 5.75 Å². The van der Waals surface area contributed by atoms with Crippen LogP contribution in [-0.2, 0) is 4.74 Å². The zero-order valence-electron chi connectivity index (χ0n) is 16.6. The van der Waals surface area contributed by atoms with Crippen LogP contribution in [0.25, 0.3) is 11.5 Å². The predicted molar refractivity (Wildman–Crippen MR) is 108 cm³/mol. The first-order valence-corrected chi connectivity index (χ1v) is 9.94. The van der Waals surface area contributed by atoms with E-state index >= 15 is 0 Å². The van der Waals surface area contributed by atoms with Crippen LogP contribution in [0.15, 0.2) is 33.9 Å². The lowest BCUT2D eigenvalue weighted by molar-refractivity contribution is 0.0525. The number of hydrogen-bond acceptors (Lipinski definition) is 8. The molecule has 29 heavy (non-hydrogen) atoms. The standard InChI is InChI=1S/C20H21N3O5S/c1-5-27-19(25)16-11(2)17(21-12(16)3)14(24)10-29-20-23-22-18(28-20)13-8-6-7-9-15(13)26-4/h6-9,21H,5,10H2,1-4H3. The number of hydrogen-bond donors (Lipinski definition) is 1. The van der Waals surface area contributed by atoms with E-state index in [0.29, 0.717) is 39.7 Å². The van der Waals surface area contributed by atoms with E-state index in [9.17, 15) is 9.59 Å². The molecule has 0 spiro atoms. The Balaban J connectivity index is 1.72. The fraction of sp³-hybridized carbons (Fsp3) is 0.300. The SMILES string of the molecule is CCOC(=O)c1c(C)[nH]c(C(=O)CSc2nnc(-c3ccccc3OC)o2)c1C. The molecule has 1 aromatic carbocycles. The highest BCUT2D eigenvalue weighted by Gasteiger charge is 2.23. The molecule has 3 rings (SSSR count). The molecule has 3 aromatic rings. The zero-order valence-corrected chi connectivity index (χ0v) is 17.4. The monoisotopic (exact) mass is 415 g/mol. The van der Waals surface area contributed by atoms with Crippen molar-refractivity contribution in [2.24, 2.45) is 0 Å². The third-order valence-electron chi connectivity index (χ3n) is 4.27. The molecule has 2 aromatic heterocycles. The van der Waals surface area contributed by atoms with Crippen molar-refractivity contribution in [2.75, 3.05) is 19.5 Å². The van der Waals surface area contributed by atoms with Crippen LogP contribution in [0.2, 0.25) is 0 Å². The summed E-state index contributed by atoms with van der Waals surface area (Å²) >= 11 is 1.13. The summed E-state index contributed by atoms with van der Waals surface area (Å²) in [6.07, 6.45) is 0. The average molecular weight is 415 g/mol. The summed E-state index contributed by atoms with van der Waals surface area (Å²) in [4.78, 5) is 27.7. The molecule has 1 N–H and O–H groups in total. The van der Waals surface area contributed by atoms with Crippen molar-refractivity contribution >= 4 is 23.5 Å². The number of ketones is 1. The van der Waals surface area contributed by atoms with Crippen molar-refractivity contribution in [1.82, 2.24) is 15.2 Å². The lowest BCUT2D eigenvalue weighted by Crippen LogP contribution is -2.08. The van der Waals surface area contributed by atoms with Gasteiger partial charge in [0.15, 0.2) is 5.78 Å². The van der Waals surface area contributed by atoms with Gasteiger partial charge in [-0.3, -0.25) is 4.79 Å². The number of nitrogens with one attached hydrogen (secondary N) is 1. The number of nitrogens with zero attached hydrogens (tertiary/aromatic N) is 2. The molecular weight excluding hydrogens is 394 g/mol. The molecule has 0 amide bonds. The minimum atomic E-state index is -0.441. The number of carbonyl (C=O) groups excluding carboxylic acids is 2. The quantitative estimate of drug-likeness (QED) is 0.336. The number of H-pyrrole nitrogens is 1. The smallest absolute Gasteiger partial charge is 0.340 e. The predicted octanol–water partition coefficient (Wildman–Crippen LogP) is 3.84. The van der Waals surface area contributed by atoms with Crippen molar-refractivity contribution in [3.8, 4) is 17.2 Å². The molecule has 0 aliphatic rings. The Bertz CT molecular complexity index is 1040. The number of para-hydroxylation sites is 1. The summed E-state index contributed by atoms with van der Waals surface area (Å²) in [5.74, 6) is 0.394. The normalized spacial score (nSPS) is 10.8. The Labute approximate surface area is 172 Å². The molecule has 0 aliphatic carbocycles. The van der Waals surface area contributed by atoms with E-state index in [0.717, 1.165) is 11.8 Å². The maximum Gasteiger partial charge on any atom is 0.340 e. The second kappa shape index (κ2) is 8.95. The van der Waals surface area contributed by atoms with E-state index in [-0.39, 0.29) is 23.4 Å². The third-order valence-corrected chi connectivity index (χ3v) is 5.08. The average Bonchev–Trinajstić information content (AvgIpc) is 3.30. The fourth-order valence-corrected chi connectivity index (χ4v) is 3.57. The number of carbonyl (C=O) groups is 2. The van der Waals surface area contributed by atoms with Gasteiger partial charge in [0.25, 0.3) is 11.1 Å². The number of aromatic nitrogens is 3. The number of benzene rings is 1. The second-order valence-electron chi connectivity index (χ2n) is 6.13. The second-order valence-corrected chi connectivity index (χ2v) is 7.06. The van der Waals surface area contributed by atoms with Crippen LogP contribution in [0.3, 0.4) is 0 Å². The van der Waals surface area contributed by atoms with Crippen molar-refractivity contribution < 1.29 is 23.5 Å². The molecule has 0 saturated carbocycles. The van der Waals surface area contributed by atoms with Crippen molar-refractivity contribution in [3.63, 3.8) is 0 Å². The van der Waals surface area contributed by atoms with Gasteiger partial charge in [-0.05, 0) is 38.5 Å². The van der Waals surface area contributed by atoms with Crippen LogP contribution >= 0.6 is 11.8 Å². The van der Waals surface area contributed by atoms with E-state index in [1.54, 1.807) is 33.9 Å². The first-order chi connectivity index (χ1) is 14.0. The maximum atomic E-state index is 12.6. The fourth-order valence-electron chi connectivity index (χ4n) is 2.94. The molecular formula is C20H21N3O5S. The Hall–Kier alpha value is -3.07. The van der Waals surface area contributed by atoms with Gasteiger partial charge in [-0.15, -0.1) is 10.2 Å². The zero-order chi connectivity index (χ0) is 21.0. The van der Waals surface area contributed by atoms with E-state index in [1.807, 2.05) is 18.2 Å². The van der Waals surface area contributed by atoms with Gasteiger partial charge >= 0.3 is 5.97 Å². The molecule has 0 fully saturated rings. The highest BCUT2D eigenvalue weighted by Crippen LogP contribution is 2.30. The molecule has 2 heterocycles. The van der Waals surface area contributed by atoms with Gasteiger partial charge in [0.2, 0.25) is 0 Å². The third kappa shape index (κ3) is 4.34. The van der Waals surface area contributed by atoms with Crippen LogP contribution in [-0.4, -0.2) is 46.4 Å². The molecule has 0 saturated heterocycles. The number of ether oxygens (including phenoxy) is 2. The number of methoxy groups -OCH3 is 1. The van der Waals surface area contributed by atoms with Crippen LogP contribution in [0.4, 0.5) is 0 Å². The van der Waals surface area contributed by atoms with Gasteiger partial charge in [0, 0.05) is 5.69 Å². The number of thioether (sulfide) groups is 1. The summed E-state index contributed by atoms with van der Waals surface area (Å²) in [7, 11) is 1.56. The molecule has 0 atom stereocenters. The number of rotatable bonds is 8. The molecule has 152 valence electrons. The van der Waals surface area contributed by atoms with E-state index in [4.69, 9.17) is 13.9 Å². The molecule has 0 aliphatic heterocycles. The topological polar surface area (TPSA) is 107 Å².